The fourth-order valence-corrected chi connectivity index (χ4v) is 0.982. The quantitative estimate of drug-likeness (QED) is 0.384. The van der Waals surface area contributed by atoms with Crippen molar-refractivity contribution in [3.8, 4) is 0 Å². The Bertz CT molecular complexity index is 190. The zero-order valence-electron chi connectivity index (χ0n) is 7.75. The summed E-state index contributed by atoms with van der Waals surface area (Å²) in [5.74, 6) is -1.78. The SMILES string of the molecule is CC(=O)[C@@](N)(CCCCN)C(=O)O. The van der Waals surface area contributed by atoms with Crippen LogP contribution < -0.4 is 11.5 Å². The molecule has 0 heterocycles. The van der Waals surface area contributed by atoms with Crippen molar-refractivity contribution >= 4 is 11.8 Å². The molecule has 5 heteroatoms. The van der Waals surface area contributed by atoms with Crippen molar-refractivity contribution in [2.45, 2.75) is 31.7 Å². The minimum atomic E-state index is -1.73. The highest BCUT2D eigenvalue weighted by Gasteiger charge is 2.38. The van der Waals surface area contributed by atoms with Crippen molar-refractivity contribution in [2.24, 2.45) is 11.5 Å². The molecule has 0 bridgehead atoms. The number of aliphatic carboxylic acids is 1. The Morgan fingerprint density at radius 2 is 1.92 bits per heavy atom. The van der Waals surface area contributed by atoms with Crippen molar-refractivity contribution in [3.05, 3.63) is 0 Å². The van der Waals surface area contributed by atoms with Crippen molar-refractivity contribution in [2.75, 3.05) is 6.54 Å². The maximum absolute atomic E-state index is 11.0. The van der Waals surface area contributed by atoms with Gasteiger partial charge in [-0.05, 0) is 32.7 Å². The van der Waals surface area contributed by atoms with Gasteiger partial charge >= 0.3 is 5.97 Å². The molecule has 0 saturated heterocycles. The molecular formula is C8H16N2O3. The van der Waals surface area contributed by atoms with E-state index in [2.05, 4.69) is 0 Å². The Hall–Kier alpha value is -0.940. The fourth-order valence-electron chi connectivity index (χ4n) is 0.982. The van der Waals surface area contributed by atoms with Gasteiger partial charge in [-0.25, -0.2) is 4.79 Å². The van der Waals surface area contributed by atoms with Crippen LogP contribution in [0.25, 0.3) is 0 Å². The van der Waals surface area contributed by atoms with Gasteiger partial charge in [-0.3, -0.25) is 4.79 Å². The molecular weight excluding hydrogens is 172 g/mol. The second kappa shape index (κ2) is 4.94. The van der Waals surface area contributed by atoms with E-state index in [0.29, 0.717) is 19.4 Å². The number of carboxylic acids is 1. The Morgan fingerprint density at radius 1 is 1.38 bits per heavy atom. The van der Waals surface area contributed by atoms with Crippen LogP contribution in [-0.2, 0) is 9.59 Å². The topological polar surface area (TPSA) is 106 Å². The van der Waals surface area contributed by atoms with Gasteiger partial charge in [-0.15, -0.1) is 0 Å². The Balaban J connectivity index is 4.26. The lowest BCUT2D eigenvalue weighted by atomic mass is 9.90. The third-order valence-corrected chi connectivity index (χ3v) is 2.04. The largest absolute Gasteiger partial charge is 0.480 e. The van der Waals surface area contributed by atoms with Crippen LogP contribution in [0, 0.1) is 0 Å². The molecule has 76 valence electrons. The third kappa shape index (κ3) is 3.12. The molecule has 5 N–H and O–H groups in total. The van der Waals surface area contributed by atoms with Crippen LogP contribution in [0.5, 0.6) is 0 Å². The van der Waals surface area contributed by atoms with Crippen molar-refractivity contribution in [1.82, 2.24) is 0 Å². The number of hydrogen-bond acceptors (Lipinski definition) is 4. The predicted molar refractivity (Wildman–Crippen MR) is 48.1 cm³/mol. The molecule has 0 aromatic rings. The van der Waals surface area contributed by atoms with Gasteiger partial charge in [0.25, 0.3) is 0 Å². The first-order valence-electron chi connectivity index (χ1n) is 4.18. The average molecular weight is 188 g/mol. The highest BCUT2D eigenvalue weighted by molar-refractivity contribution is 6.06. The summed E-state index contributed by atoms with van der Waals surface area (Å²) in [6, 6.07) is 0. The zero-order chi connectivity index (χ0) is 10.5. The molecule has 0 amide bonds. The molecule has 0 aliphatic rings. The van der Waals surface area contributed by atoms with Gasteiger partial charge in [0.15, 0.2) is 11.3 Å². The Labute approximate surface area is 77.1 Å². The molecule has 0 saturated carbocycles. The Kier molecular flexibility index (Phi) is 4.58. The maximum atomic E-state index is 11.0. The van der Waals surface area contributed by atoms with E-state index >= 15 is 0 Å². The smallest absolute Gasteiger partial charge is 0.331 e. The average Bonchev–Trinajstić information content (AvgIpc) is 2.03. The van der Waals surface area contributed by atoms with E-state index < -0.39 is 17.3 Å². The first kappa shape index (κ1) is 12.1. The van der Waals surface area contributed by atoms with Crippen LogP contribution in [0.15, 0.2) is 0 Å². The number of ketones is 1. The van der Waals surface area contributed by atoms with Crippen molar-refractivity contribution in [1.29, 1.82) is 0 Å². The lowest BCUT2D eigenvalue weighted by Crippen LogP contribution is -2.53. The van der Waals surface area contributed by atoms with Gasteiger partial charge in [0.05, 0.1) is 0 Å². The monoisotopic (exact) mass is 188 g/mol. The normalized spacial score (nSPS) is 15.0. The number of unbranched alkanes of at least 4 members (excludes halogenated alkanes) is 1. The number of carbonyl (C=O) groups excluding carboxylic acids is 1. The summed E-state index contributed by atoms with van der Waals surface area (Å²) in [6.07, 6.45) is 1.38. The molecule has 5 nitrogen and oxygen atoms in total. The standard InChI is InChI=1S/C8H16N2O3/c1-6(11)8(10,7(12)13)4-2-3-5-9/h2-5,9-10H2,1H3,(H,12,13)/t8-/m0/s1. The Morgan fingerprint density at radius 3 is 2.23 bits per heavy atom. The molecule has 0 rings (SSSR count). The van der Waals surface area contributed by atoms with Crippen LogP contribution in [0.2, 0.25) is 0 Å². The molecule has 0 aromatic carbocycles. The molecule has 0 spiro atoms. The first-order valence-corrected chi connectivity index (χ1v) is 4.18. The van der Waals surface area contributed by atoms with Crippen LogP contribution in [0.1, 0.15) is 26.2 Å². The molecule has 0 radical (unpaired) electrons. The van der Waals surface area contributed by atoms with Crippen LogP contribution in [0.4, 0.5) is 0 Å². The van der Waals surface area contributed by atoms with E-state index in [1.54, 1.807) is 0 Å². The maximum Gasteiger partial charge on any atom is 0.331 e. The summed E-state index contributed by atoms with van der Waals surface area (Å²) in [7, 11) is 0. The summed E-state index contributed by atoms with van der Waals surface area (Å²) < 4.78 is 0. The van der Waals surface area contributed by atoms with E-state index in [1.807, 2.05) is 0 Å². The summed E-state index contributed by atoms with van der Waals surface area (Å²) in [5, 5.41) is 8.73. The minimum absolute atomic E-state index is 0.148. The molecule has 0 aliphatic heterocycles. The molecule has 0 aromatic heterocycles. The minimum Gasteiger partial charge on any atom is -0.480 e. The van der Waals surface area contributed by atoms with Crippen molar-refractivity contribution in [3.63, 3.8) is 0 Å². The number of carboxylic acid groups (broad SMARTS) is 1. The van der Waals surface area contributed by atoms with Gasteiger partial charge in [0, 0.05) is 0 Å². The summed E-state index contributed by atoms with van der Waals surface area (Å²) >= 11 is 0. The molecule has 0 unspecified atom stereocenters. The number of rotatable bonds is 6. The molecule has 0 aliphatic carbocycles. The van der Waals surface area contributed by atoms with E-state index in [4.69, 9.17) is 16.6 Å². The van der Waals surface area contributed by atoms with Crippen molar-refractivity contribution < 1.29 is 14.7 Å². The van der Waals surface area contributed by atoms with Crippen LogP contribution in [-0.4, -0.2) is 28.9 Å². The number of carbonyl (C=O) groups is 2. The van der Waals surface area contributed by atoms with Gasteiger partial charge < -0.3 is 16.6 Å². The number of nitrogens with two attached hydrogens (primary N) is 2. The second-order valence-electron chi connectivity index (χ2n) is 3.08. The van der Waals surface area contributed by atoms with E-state index in [0.717, 1.165) is 0 Å². The molecule has 1 atom stereocenters. The lowest BCUT2D eigenvalue weighted by Gasteiger charge is -2.20. The second-order valence-corrected chi connectivity index (χ2v) is 3.08. The summed E-state index contributed by atoms with van der Waals surface area (Å²) in [6.45, 7) is 1.67. The molecule has 0 fully saturated rings. The zero-order valence-corrected chi connectivity index (χ0v) is 7.75. The predicted octanol–water partition coefficient (Wildman–Crippen LogP) is -0.513. The van der Waals surface area contributed by atoms with E-state index in [1.165, 1.54) is 6.92 Å². The van der Waals surface area contributed by atoms with Gasteiger partial charge in [-0.2, -0.15) is 0 Å². The number of Topliss-reactive ketones (excluding diaryl/α,β-unsaturated/α-hetero) is 1. The fraction of sp³-hybridized carbons (Fsp3) is 0.750. The third-order valence-electron chi connectivity index (χ3n) is 2.04. The summed E-state index contributed by atoms with van der Waals surface area (Å²) in [5.41, 5.74) is 8.94. The highest BCUT2D eigenvalue weighted by Crippen LogP contribution is 2.12. The van der Waals surface area contributed by atoms with E-state index in [-0.39, 0.29) is 6.42 Å². The van der Waals surface area contributed by atoms with Gasteiger partial charge in [-0.1, -0.05) is 0 Å². The van der Waals surface area contributed by atoms with Gasteiger partial charge in [0.2, 0.25) is 0 Å². The first-order chi connectivity index (χ1) is 5.95. The highest BCUT2D eigenvalue weighted by atomic mass is 16.4. The van der Waals surface area contributed by atoms with E-state index in [9.17, 15) is 9.59 Å². The lowest BCUT2D eigenvalue weighted by molar-refractivity contribution is -0.148. The summed E-state index contributed by atoms with van der Waals surface area (Å²) in [4.78, 5) is 21.6. The number of hydrogen-bond donors (Lipinski definition) is 3. The van der Waals surface area contributed by atoms with Crippen LogP contribution in [0.3, 0.4) is 0 Å². The molecule has 13 heavy (non-hydrogen) atoms. The van der Waals surface area contributed by atoms with Crippen LogP contribution >= 0.6 is 0 Å². The van der Waals surface area contributed by atoms with Gasteiger partial charge in [0.1, 0.15) is 0 Å².